The van der Waals surface area contributed by atoms with Gasteiger partial charge in [0.15, 0.2) is 10.9 Å². The van der Waals surface area contributed by atoms with E-state index in [1.807, 2.05) is 29.2 Å². The van der Waals surface area contributed by atoms with Crippen molar-refractivity contribution in [2.75, 3.05) is 20.2 Å². The van der Waals surface area contributed by atoms with Crippen molar-refractivity contribution < 1.29 is 19.1 Å². The minimum absolute atomic E-state index is 0.254. The van der Waals surface area contributed by atoms with Gasteiger partial charge in [-0.3, -0.25) is 4.99 Å². The van der Waals surface area contributed by atoms with Crippen molar-refractivity contribution in [3.05, 3.63) is 34.9 Å². The molecule has 112 valence electrons. The Labute approximate surface area is 130 Å². The largest absolute Gasteiger partial charge is 0.497 e. The number of carbonyl (C=O) groups is 1. The van der Waals surface area contributed by atoms with E-state index in [9.17, 15) is 9.90 Å². The lowest BCUT2D eigenvalue weighted by Crippen LogP contribution is -2.20. The van der Waals surface area contributed by atoms with Gasteiger partial charge in [-0.1, -0.05) is 0 Å². The summed E-state index contributed by atoms with van der Waals surface area (Å²) in [7, 11) is 1.60. The Balaban J connectivity index is 1.87. The number of carboxylic acids is 1. The molecule has 0 aliphatic carbocycles. The predicted octanol–water partition coefficient (Wildman–Crippen LogP) is 2.61. The summed E-state index contributed by atoms with van der Waals surface area (Å²) in [5, 5.41) is 11.0. The molecule has 0 atom stereocenters. The second-order valence-electron chi connectivity index (χ2n) is 4.92. The van der Waals surface area contributed by atoms with Crippen LogP contribution in [-0.4, -0.2) is 41.3 Å². The molecule has 0 fully saturated rings. The number of methoxy groups -OCH3 is 1. The topological polar surface area (TPSA) is 75.3 Å². The average Bonchev–Trinajstić information content (AvgIpc) is 3.18. The molecule has 0 saturated heterocycles. The van der Waals surface area contributed by atoms with E-state index in [2.05, 4.69) is 4.99 Å². The molecule has 1 N–H and O–H groups in total. The summed E-state index contributed by atoms with van der Waals surface area (Å²) in [6, 6.07) is 7.34. The number of fused-ring (bicyclic) bond motifs is 2. The molecule has 1 aromatic carbocycles. The van der Waals surface area contributed by atoms with E-state index in [0.29, 0.717) is 30.1 Å². The SMILES string of the molecule is COc1ccc2oc(C3=C(C(=O)O)SC4=NCCN43)cc2c1. The molecule has 0 amide bonds. The van der Waals surface area contributed by atoms with Crippen molar-refractivity contribution >= 4 is 39.6 Å². The molecule has 6 nitrogen and oxygen atoms in total. The first kappa shape index (κ1) is 13.3. The molecule has 2 aliphatic rings. The van der Waals surface area contributed by atoms with Crippen molar-refractivity contribution in [2.45, 2.75) is 0 Å². The second-order valence-corrected chi connectivity index (χ2v) is 5.89. The summed E-state index contributed by atoms with van der Waals surface area (Å²) >= 11 is 1.18. The van der Waals surface area contributed by atoms with E-state index in [4.69, 9.17) is 9.15 Å². The monoisotopic (exact) mass is 316 g/mol. The smallest absolute Gasteiger partial charge is 0.344 e. The molecule has 22 heavy (non-hydrogen) atoms. The molecule has 0 bridgehead atoms. The van der Waals surface area contributed by atoms with E-state index < -0.39 is 5.97 Å². The van der Waals surface area contributed by atoms with Gasteiger partial charge in [-0.25, -0.2) is 4.79 Å². The maximum absolute atomic E-state index is 11.5. The molecule has 4 rings (SSSR count). The Morgan fingerprint density at radius 3 is 3.09 bits per heavy atom. The van der Waals surface area contributed by atoms with Crippen molar-refractivity contribution in [1.82, 2.24) is 4.90 Å². The normalized spacial score (nSPS) is 17.1. The highest BCUT2D eigenvalue weighted by Gasteiger charge is 2.37. The molecule has 2 aromatic rings. The summed E-state index contributed by atoms with van der Waals surface area (Å²) in [5.74, 6) is 0.312. The molecule has 0 radical (unpaired) electrons. The first-order valence-electron chi connectivity index (χ1n) is 6.73. The van der Waals surface area contributed by atoms with Crippen LogP contribution < -0.4 is 4.74 Å². The van der Waals surface area contributed by atoms with Crippen LogP contribution in [0.5, 0.6) is 5.75 Å². The van der Waals surface area contributed by atoms with E-state index in [1.165, 1.54) is 11.8 Å². The maximum atomic E-state index is 11.5. The highest BCUT2D eigenvalue weighted by molar-refractivity contribution is 8.18. The number of hydrogen-bond acceptors (Lipinski definition) is 6. The van der Waals surface area contributed by atoms with E-state index in [-0.39, 0.29) is 4.91 Å². The zero-order chi connectivity index (χ0) is 15.3. The Hall–Kier alpha value is -2.41. The van der Waals surface area contributed by atoms with Gasteiger partial charge in [-0.15, -0.1) is 0 Å². The summed E-state index contributed by atoms with van der Waals surface area (Å²) < 4.78 is 11.1. The number of rotatable bonds is 3. The van der Waals surface area contributed by atoms with Crippen molar-refractivity contribution in [3.63, 3.8) is 0 Å². The number of aliphatic imine (C=N–C) groups is 1. The number of hydrogen-bond donors (Lipinski definition) is 1. The molecule has 0 unspecified atom stereocenters. The van der Waals surface area contributed by atoms with Crippen molar-refractivity contribution in [3.8, 4) is 5.75 Å². The Morgan fingerprint density at radius 1 is 1.45 bits per heavy atom. The van der Waals surface area contributed by atoms with E-state index >= 15 is 0 Å². The lowest BCUT2D eigenvalue weighted by Gasteiger charge is -2.14. The van der Waals surface area contributed by atoms with Crippen LogP contribution in [0.25, 0.3) is 16.7 Å². The number of furan rings is 1. The quantitative estimate of drug-likeness (QED) is 0.938. The third-order valence-electron chi connectivity index (χ3n) is 3.63. The van der Waals surface area contributed by atoms with Gasteiger partial charge in [0.1, 0.15) is 21.9 Å². The van der Waals surface area contributed by atoms with Crippen LogP contribution in [0.4, 0.5) is 0 Å². The van der Waals surface area contributed by atoms with Gasteiger partial charge in [0.2, 0.25) is 0 Å². The minimum atomic E-state index is -0.963. The molecular formula is C15H12N2O4S. The third-order valence-corrected chi connectivity index (χ3v) is 4.74. The highest BCUT2D eigenvalue weighted by Crippen LogP contribution is 2.43. The summed E-state index contributed by atoms with van der Waals surface area (Å²) in [5.41, 5.74) is 1.28. The standard InChI is InChI=1S/C15H12N2O4S/c1-20-9-2-3-10-8(6-9)7-11(21-10)12-13(14(18)19)22-15-16-4-5-17(12)15/h2-3,6-7H,4-5H2,1H3,(H,18,19). The molecule has 3 heterocycles. The van der Waals surface area contributed by atoms with Crippen LogP contribution in [0, 0.1) is 0 Å². The van der Waals surface area contributed by atoms with Crippen LogP contribution in [0.1, 0.15) is 5.76 Å². The fraction of sp³-hybridized carbons (Fsp3) is 0.200. The van der Waals surface area contributed by atoms with Crippen molar-refractivity contribution in [2.24, 2.45) is 4.99 Å². The van der Waals surface area contributed by atoms with Crippen LogP contribution in [0.15, 0.2) is 38.6 Å². The van der Waals surface area contributed by atoms with Gasteiger partial charge in [0.05, 0.1) is 13.7 Å². The number of benzene rings is 1. The predicted molar refractivity (Wildman–Crippen MR) is 83.9 cm³/mol. The maximum Gasteiger partial charge on any atom is 0.344 e. The van der Waals surface area contributed by atoms with Crippen LogP contribution in [0.2, 0.25) is 0 Å². The van der Waals surface area contributed by atoms with Crippen LogP contribution in [-0.2, 0) is 4.79 Å². The molecule has 0 saturated carbocycles. The van der Waals surface area contributed by atoms with Gasteiger partial charge < -0.3 is 19.2 Å². The zero-order valence-electron chi connectivity index (χ0n) is 11.7. The molecule has 7 heteroatoms. The van der Waals surface area contributed by atoms with Gasteiger partial charge in [0, 0.05) is 11.9 Å². The van der Waals surface area contributed by atoms with Crippen LogP contribution >= 0.6 is 11.8 Å². The third kappa shape index (κ3) is 1.89. The fourth-order valence-corrected chi connectivity index (χ4v) is 3.66. The second kappa shape index (κ2) is 4.81. The minimum Gasteiger partial charge on any atom is -0.497 e. The number of nitrogens with zero attached hydrogens (tertiary/aromatic N) is 2. The average molecular weight is 316 g/mol. The van der Waals surface area contributed by atoms with Gasteiger partial charge in [-0.2, -0.15) is 0 Å². The summed E-state index contributed by atoms with van der Waals surface area (Å²) in [6.07, 6.45) is 0. The Kier molecular flexibility index (Phi) is 2.90. The Bertz CT molecular complexity index is 852. The summed E-state index contributed by atoms with van der Waals surface area (Å²) in [6.45, 7) is 1.35. The molecule has 1 aromatic heterocycles. The first-order valence-corrected chi connectivity index (χ1v) is 7.54. The Morgan fingerprint density at radius 2 is 2.32 bits per heavy atom. The van der Waals surface area contributed by atoms with Gasteiger partial charge >= 0.3 is 5.97 Å². The number of ether oxygens (including phenoxy) is 1. The number of amidine groups is 1. The number of carboxylic acid groups (broad SMARTS) is 1. The molecule has 2 aliphatic heterocycles. The fourth-order valence-electron chi connectivity index (χ4n) is 2.64. The van der Waals surface area contributed by atoms with Gasteiger partial charge in [0.25, 0.3) is 0 Å². The zero-order valence-corrected chi connectivity index (χ0v) is 12.5. The lowest BCUT2D eigenvalue weighted by atomic mass is 10.2. The first-order chi connectivity index (χ1) is 10.7. The highest BCUT2D eigenvalue weighted by atomic mass is 32.2. The van der Waals surface area contributed by atoms with Crippen molar-refractivity contribution in [1.29, 1.82) is 0 Å². The lowest BCUT2D eigenvalue weighted by molar-refractivity contribution is -0.131. The van der Waals surface area contributed by atoms with Gasteiger partial charge in [-0.05, 0) is 36.0 Å². The molecular weight excluding hydrogens is 304 g/mol. The number of aliphatic carboxylic acids is 1. The molecule has 0 spiro atoms. The van der Waals surface area contributed by atoms with Crippen LogP contribution in [0.3, 0.4) is 0 Å². The van der Waals surface area contributed by atoms with E-state index in [0.717, 1.165) is 16.3 Å². The summed E-state index contributed by atoms with van der Waals surface area (Å²) in [4.78, 5) is 18.0. The van der Waals surface area contributed by atoms with E-state index in [1.54, 1.807) is 7.11 Å². The number of thioether (sulfide) groups is 1.